The molecule has 0 aromatic carbocycles. The highest BCUT2D eigenvalue weighted by Crippen LogP contribution is 2.10. The van der Waals surface area contributed by atoms with Gasteiger partial charge in [0, 0.05) is 19.3 Å². The zero-order valence-electron chi connectivity index (χ0n) is 8.94. The molecule has 0 spiro atoms. The molecule has 1 aromatic heterocycles. The largest absolute Gasteiger partial charge is 0.481 e. The van der Waals surface area contributed by atoms with Crippen LogP contribution >= 0.6 is 11.3 Å². The van der Waals surface area contributed by atoms with E-state index in [1.54, 1.807) is 6.92 Å². The van der Waals surface area contributed by atoms with E-state index >= 15 is 0 Å². The molecule has 0 radical (unpaired) electrons. The Labute approximate surface area is 95.5 Å². The Morgan fingerprint density at radius 3 is 2.56 bits per heavy atom. The average Bonchev–Trinajstić information content (AvgIpc) is 2.53. The fourth-order valence-corrected chi connectivity index (χ4v) is 1.98. The van der Waals surface area contributed by atoms with Crippen LogP contribution in [0.25, 0.3) is 0 Å². The van der Waals surface area contributed by atoms with Crippen molar-refractivity contribution < 1.29 is 14.7 Å². The molecule has 1 rings (SSSR count). The number of hydrogen-bond acceptors (Lipinski definition) is 4. The van der Waals surface area contributed by atoms with Gasteiger partial charge in [-0.25, -0.2) is 0 Å². The summed E-state index contributed by atoms with van der Waals surface area (Å²) in [6.07, 6.45) is -0.111. The van der Waals surface area contributed by atoms with Crippen LogP contribution in [0.2, 0.25) is 0 Å². The standard InChI is InChI=1S/C9H12N2O4S/c1-5-7(16-9(15)10-5)8(14)11(2)4-3-6(12)13/h3-4H2,1-2H3,(H,10,15)(H,12,13). The van der Waals surface area contributed by atoms with Crippen LogP contribution < -0.4 is 4.87 Å². The lowest BCUT2D eigenvalue weighted by Gasteiger charge is -2.14. The Kier molecular flexibility index (Phi) is 3.83. The highest BCUT2D eigenvalue weighted by atomic mass is 32.1. The number of aromatic amines is 1. The first-order chi connectivity index (χ1) is 7.41. The number of aromatic nitrogens is 1. The summed E-state index contributed by atoms with van der Waals surface area (Å²) in [5, 5.41) is 8.48. The molecule has 0 fully saturated rings. The van der Waals surface area contributed by atoms with Gasteiger partial charge >= 0.3 is 10.8 Å². The summed E-state index contributed by atoms with van der Waals surface area (Å²) in [5.74, 6) is -1.29. The lowest BCUT2D eigenvalue weighted by molar-refractivity contribution is -0.137. The summed E-state index contributed by atoms with van der Waals surface area (Å²) < 4.78 is 0. The number of hydrogen-bond donors (Lipinski definition) is 2. The van der Waals surface area contributed by atoms with Crippen molar-refractivity contribution in [1.29, 1.82) is 0 Å². The molecule has 0 saturated heterocycles. The summed E-state index contributed by atoms with van der Waals surface area (Å²) in [7, 11) is 1.51. The van der Waals surface area contributed by atoms with Gasteiger partial charge in [0.1, 0.15) is 4.88 Å². The highest BCUT2D eigenvalue weighted by molar-refractivity contribution is 7.11. The van der Waals surface area contributed by atoms with Gasteiger partial charge in [-0.1, -0.05) is 11.3 Å². The van der Waals surface area contributed by atoms with Gasteiger partial charge in [0.15, 0.2) is 0 Å². The molecule has 2 N–H and O–H groups in total. The first kappa shape index (κ1) is 12.4. The SMILES string of the molecule is Cc1[nH]c(=O)sc1C(=O)N(C)CCC(=O)O. The molecule has 0 saturated carbocycles. The fraction of sp³-hybridized carbons (Fsp3) is 0.444. The van der Waals surface area contributed by atoms with Crippen LogP contribution in [-0.2, 0) is 4.79 Å². The summed E-state index contributed by atoms with van der Waals surface area (Å²) in [6, 6.07) is 0. The van der Waals surface area contributed by atoms with Gasteiger partial charge in [-0.3, -0.25) is 14.4 Å². The van der Waals surface area contributed by atoms with Crippen LogP contribution in [0.3, 0.4) is 0 Å². The van der Waals surface area contributed by atoms with E-state index in [4.69, 9.17) is 5.11 Å². The number of aryl methyl sites for hydroxylation is 1. The van der Waals surface area contributed by atoms with E-state index in [1.807, 2.05) is 0 Å². The zero-order chi connectivity index (χ0) is 12.3. The number of nitrogens with zero attached hydrogens (tertiary/aromatic N) is 1. The maximum absolute atomic E-state index is 11.8. The first-order valence-corrected chi connectivity index (χ1v) is 5.40. The number of thiazole rings is 1. The minimum atomic E-state index is -0.960. The summed E-state index contributed by atoms with van der Waals surface area (Å²) >= 11 is 0.835. The van der Waals surface area contributed by atoms with E-state index < -0.39 is 5.97 Å². The molecular weight excluding hydrogens is 232 g/mol. The number of rotatable bonds is 4. The monoisotopic (exact) mass is 244 g/mol. The van der Waals surface area contributed by atoms with Crippen LogP contribution in [0.4, 0.5) is 0 Å². The van der Waals surface area contributed by atoms with Gasteiger partial charge in [0.25, 0.3) is 5.91 Å². The molecule has 88 valence electrons. The molecule has 1 heterocycles. The molecule has 0 atom stereocenters. The van der Waals surface area contributed by atoms with Crippen LogP contribution in [-0.4, -0.2) is 40.5 Å². The molecule has 6 nitrogen and oxygen atoms in total. The number of carbonyl (C=O) groups is 2. The molecule has 0 aliphatic heterocycles. The average molecular weight is 244 g/mol. The number of amides is 1. The number of H-pyrrole nitrogens is 1. The molecule has 0 aliphatic carbocycles. The normalized spacial score (nSPS) is 10.1. The van der Waals surface area contributed by atoms with Crippen LogP contribution in [0.1, 0.15) is 21.8 Å². The second kappa shape index (κ2) is 4.93. The highest BCUT2D eigenvalue weighted by Gasteiger charge is 2.17. The third-order valence-electron chi connectivity index (χ3n) is 2.03. The second-order valence-electron chi connectivity index (χ2n) is 3.34. The van der Waals surface area contributed by atoms with E-state index in [1.165, 1.54) is 11.9 Å². The van der Waals surface area contributed by atoms with Crippen molar-refractivity contribution in [3.8, 4) is 0 Å². The molecule has 0 unspecified atom stereocenters. The van der Waals surface area contributed by atoms with Crippen LogP contribution in [0.15, 0.2) is 4.79 Å². The van der Waals surface area contributed by atoms with Crippen molar-refractivity contribution in [2.75, 3.05) is 13.6 Å². The minimum Gasteiger partial charge on any atom is -0.481 e. The van der Waals surface area contributed by atoms with Crippen molar-refractivity contribution in [2.24, 2.45) is 0 Å². The maximum Gasteiger partial charge on any atom is 0.305 e. The van der Waals surface area contributed by atoms with Gasteiger partial charge in [0.05, 0.1) is 6.42 Å². The molecule has 7 heteroatoms. The van der Waals surface area contributed by atoms with Crippen LogP contribution in [0.5, 0.6) is 0 Å². The first-order valence-electron chi connectivity index (χ1n) is 4.58. The van der Waals surface area contributed by atoms with Crippen LogP contribution in [0, 0.1) is 6.92 Å². The lowest BCUT2D eigenvalue weighted by atomic mass is 10.3. The number of aliphatic carboxylic acids is 1. The molecule has 1 aromatic rings. The minimum absolute atomic E-state index is 0.111. The maximum atomic E-state index is 11.8. The Bertz CT molecular complexity index is 462. The van der Waals surface area contributed by atoms with Gasteiger partial charge in [0.2, 0.25) is 0 Å². The predicted octanol–water partition coefficient (Wildman–Crippen LogP) is 0.292. The summed E-state index contributed by atoms with van der Waals surface area (Å²) in [5.41, 5.74) is 0.516. The van der Waals surface area contributed by atoms with Gasteiger partial charge in [-0.2, -0.15) is 0 Å². The molecular formula is C9H12N2O4S. The van der Waals surface area contributed by atoms with Crippen molar-refractivity contribution in [1.82, 2.24) is 9.88 Å². The summed E-state index contributed by atoms with van der Waals surface area (Å²) in [4.78, 5) is 37.0. The van der Waals surface area contributed by atoms with Crippen molar-refractivity contribution in [2.45, 2.75) is 13.3 Å². The number of carboxylic acids is 1. The number of carboxylic acid groups (broad SMARTS) is 1. The molecule has 0 bridgehead atoms. The Balaban J connectivity index is 2.74. The quantitative estimate of drug-likeness (QED) is 0.796. The molecule has 0 aliphatic rings. The topological polar surface area (TPSA) is 90.5 Å². The van der Waals surface area contributed by atoms with Gasteiger partial charge in [-0.05, 0) is 6.92 Å². The fourth-order valence-electron chi connectivity index (χ4n) is 1.15. The lowest BCUT2D eigenvalue weighted by Crippen LogP contribution is -2.28. The van der Waals surface area contributed by atoms with E-state index in [2.05, 4.69) is 4.98 Å². The second-order valence-corrected chi connectivity index (χ2v) is 4.32. The predicted molar refractivity (Wildman–Crippen MR) is 58.9 cm³/mol. The van der Waals surface area contributed by atoms with Gasteiger partial charge in [-0.15, -0.1) is 0 Å². The summed E-state index contributed by atoms with van der Waals surface area (Å²) in [6.45, 7) is 1.76. The number of carbonyl (C=O) groups excluding carboxylic acids is 1. The van der Waals surface area contributed by atoms with E-state index in [9.17, 15) is 14.4 Å². The van der Waals surface area contributed by atoms with Gasteiger partial charge < -0.3 is 15.0 Å². The zero-order valence-corrected chi connectivity index (χ0v) is 9.76. The van der Waals surface area contributed by atoms with Crippen molar-refractivity contribution in [3.05, 3.63) is 20.2 Å². The van der Waals surface area contributed by atoms with Crippen molar-refractivity contribution in [3.63, 3.8) is 0 Å². The molecule has 1 amide bonds. The third kappa shape index (κ3) is 2.93. The molecule has 16 heavy (non-hydrogen) atoms. The Hall–Kier alpha value is -1.63. The van der Waals surface area contributed by atoms with E-state index in [-0.39, 0.29) is 23.7 Å². The Morgan fingerprint density at radius 1 is 1.50 bits per heavy atom. The Morgan fingerprint density at radius 2 is 2.12 bits per heavy atom. The van der Waals surface area contributed by atoms with Crippen molar-refractivity contribution >= 4 is 23.2 Å². The number of nitrogens with one attached hydrogen (secondary N) is 1. The third-order valence-corrected chi connectivity index (χ3v) is 3.00. The van der Waals surface area contributed by atoms with E-state index in [0.29, 0.717) is 10.6 Å². The van der Waals surface area contributed by atoms with E-state index in [0.717, 1.165) is 11.3 Å². The smallest absolute Gasteiger partial charge is 0.305 e.